The topological polar surface area (TPSA) is 167 Å². The standard InChI is InChI=1S/C20H26N6O.2C2HF3O2/c1-25(11-3-13-26-12-2-10-22-26)15-16-4-6-17(7-5-16)20-23-18(8-9-21)14-19(27)24-20;2*3-2(4,5)1(6)7/h2,4-7,10,12,14H,3,8-9,11,13,15,21H2,1H3,(H,23,24,27);2*(H,6,7). The predicted molar refractivity (Wildman–Crippen MR) is 134 cm³/mol. The van der Waals surface area contributed by atoms with Gasteiger partial charge in [0.2, 0.25) is 0 Å². The number of nitrogens with zero attached hydrogens (tertiary/aromatic N) is 4. The lowest BCUT2D eigenvalue weighted by Gasteiger charge is -2.17. The van der Waals surface area contributed by atoms with E-state index >= 15 is 0 Å². The van der Waals surface area contributed by atoms with Gasteiger partial charge in [-0.2, -0.15) is 31.4 Å². The van der Waals surface area contributed by atoms with Crippen molar-refractivity contribution in [2.75, 3.05) is 20.1 Å². The number of H-pyrrole nitrogens is 1. The summed E-state index contributed by atoms with van der Waals surface area (Å²) < 4.78 is 65.4. The number of aromatic nitrogens is 4. The molecular weight excluding hydrogens is 566 g/mol. The fraction of sp³-hybridized carbons (Fsp3) is 0.375. The summed E-state index contributed by atoms with van der Waals surface area (Å²) >= 11 is 0. The molecule has 0 aliphatic rings. The maximum atomic E-state index is 11.8. The number of hydrogen-bond donors (Lipinski definition) is 4. The van der Waals surface area contributed by atoms with Gasteiger partial charge in [0.1, 0.15) is 5.82 Å². The fourth-order valence-electron chi connectivity index (χ4n) is 3.01. The molecule has 0 atom stereocenters. The molecule has 0 saturated heterocycles. The molecule has 0 spiro atoms. The minimum absolute atomic E-state index is 0.149. The predicted octanol–water partition coefficient (Wildman–Crippen LogP) is 2.92. The van der Waals surface area contributed by atoms with Gasteiger partial charge in [-0.1, -0.05) is 24.3 Å². The highest BCUT2D eigenvalue weighted by molar-refractivity contribution is 5.73. The van der Waals surface area contributed by atoms with Crippen LogP contribution in [0.2, 0.25) is 0 Å². The average molecular weight is 595 g/mol. The first kappa shape index (κ1) is 34.8. The Morgan fingerprint density at radius 3 is 2.07 bits per heavy atom. The molecule has 3 aromatic rings. The van der Waals surface area contributed by atoms with Crippen molar-refractivity contribution < 1.29 is 46.1 Å². The van der Waals surface area contributed by atoms with Gasteiger partial charge < -0.3 is 25.8 Å². The van der Waals surface area contributed by atoms with Crippen LogP contribution in [0.25, 0.3) is 11.4 Å². The summed E-state index contributed by atoms with van der Waals surface area (Å²) in [7, 11) is 2.12. The average Bonchev–Trinajstić information content (AvgIpc) is 3.37. The van der Waals surface area contributed by atoms with Crippen LogP contribution in [-0.4, -0.2) is 79.3 Å². The molecule has 0 radical (unpaired) electrons. The normalized spacial score (nSPS) is 11.2. The Morgan fingerprint density at radius 2 is 1.61 bits per heavy atom. The van der Waals surface area contributed by atoms with E-state index in [0.717, 1.165) is 37.3 Å². The van der Waals surface area contributed by atoms with E-state index in [9.17, 15) is 31.1 Å². The summed E-state index contributed by atoms with van der Waals surface area (Å²) in [6.07, 6.45) is -4.73. The molecule has 5 N–H and O–H groups in total. The third-order valence-electron chi connectivity index (χ3n) is 4.85. The van der Waals surface area contributed by atoms with E-state index in [0.29, 0.717) is 18.8 Å². The number of carboxylic acids is 2. The van der Waals surface area contributed by atoms with Crippen LogP contribution in [0.1, 0.15) is 17.7 Å². The van der Waals surface area contributed by atoms with Gasteiger partial charge in [-0.15, -0.1) is 0 Å². The van der Waals surface area contributed by atoms with E-state index in [1.165, 1.54) is 11.6 Å². The second-order valence-electron chi connectivity index (χ2n) is 8.29. The lowest BCUT2D eigenvalue weighted by molar-refractivity contribution is -0.193. The first-order valence-corrected chi connectivity index (χ1v) is 11.7. The summed E-state index contributed by atoms with van der Waals surface area (Å²) in [5, 5.41) is 18.5. The number of hydrogen-bond acceptors (Lipinski definition) is 7. The van der Waals surface area contributed by atoms with Crippen LogP contribution in [0.4, 0.5) is 26.3 Å². The van der Waals surface area contributed by atoms with Gasteiger partial charge in [-0.05, 0) is 38.2 Å². The number of aliphatic carboxylic acids is 2. The third kappa shape index (κ3) is 14.1. The summed E-state index contributed by atoms with van der Waals surface area (Å²) in [6, 6.07) is 11.6. The molecule has 0 unspecified atom stereocenters. The molecule has 0 bridgehead atoms. The van der Waals surface area contributed by atoms with Gasteiger partial charge in [0, 0.05) is 49.2 Å². The first-order valence-electron chi connectivity index (χ1n) is 11.7. The Balaban J connectivity index is 0.000000497. The molecule has 1 aromatic carbocycles. The molecule has 0 saturated carbocycles. The van der Waals surface area contributed by atoms with Gasteiger partial charge in [0.05, 0.1) is 0 Å². The van der Waals surface area contributed by atoms with Crippen LogP contribution in [-0.2, 0) is 29.1 Å². The largest absolute Gasteiger partial charge is 0.490 e. The highest BCUT2D eigenvalue weighted by atomic mass is 19.4. The van der Waals surface area contributed by atoms with Crippen LogP contribution >= 0.6 is 0 Å². The molecular formula is C24H28F6N6O5. The Bertz CT molecular complexity index is 1250. The Labute approximate surface area is 229 Å². The van der Waals surface area contributed by atoms with E-state index in [1.54, 1.807) is 6.20 Å². The summed E-state index contributed by atoms with van der Waals surface area (Å²) in [4.78, 5) is 39.2. The smallest absolute Gasteiger partial charge is 0.475 e. The summed E-state index contributed by atoms with van der Waals surface area (Å²) in [5.41, 5.74) is 8.26. The van der Waals surface area contributed by atoms with Gasteiger partial charge in [-0.3, -0.25) is 9.48 Å². The molecule has 0 aliphatic heterocycles. The number of aryl methyl sites for hydroxylation is 1. The summed E-state index contributed by atoms with van der Waals surface area (Å²) in [5.74, 6) is -4.93. The van der Waals surface area contributed by atoms with Crippen molar-refractivity contribution in [3.05, 3.63) is 70.4 Å². The molecule has 17 heteroatoms. The van der Waals surface area contributed by atoms with Crippen molar-refractivity contribution in [2.24, 2.45) is 5.73 Å². The van der Waals surface area contributed by atoms with E-state index in [1.807, 2.05) is 29.1 Å². The minimum atomic E-state index is -5.08. The Hall–Kier alpha value is -4.25. The Morgan fingerprint density at radius 1 is 1.05 bits per heavy atom. The van der Waals surface area contributed by atoms with Crippen LogP contribution in [0, 0.1) is 0 Å². The van der Waals surface area contributed by atoms with Crippen molar-refractivity contribution >= 4 is 11.9 Å². The SMILES string of the molecule is CN(CCCn1cccn1)Cc1ccc(-c2nc(CCN)cc(=O)[nH]2)cc1.O=C(O)C(F)(F)F.O=C(O)C(F)(F)F. The van der Waals surface area contributed by atoms with Gasteiger partial charge in [-0.25, -0.2) is 14.6 Å². The first-order chi connectivity index (χ1) is 19.0. The molecule has 0 amide bonds. The number of rotatable bonds is 9. The lowest BCUT2D eigenvalue weighted by Crippen LogP contribution is -2.21. The number of benzene rings is 1. The number of nitrogens with one attached hydrogen (secondary N) is 1. The zero-order valence-corrected chi connectivity index (χ0v) is 21.6. The van der Waals surface area contributed by atoms with E-state index < -0.39 is 24.3 Å². The van der Waals surface area contributed by atoms with Crippen molar-refractivity contribution in [1.29, 1.82) is 0 Å². The van der Waals surface area contributed by atoms with Crippen molar-refractivity contribution in [3.8, 4) is 11.4 Å². The zero-order chi connectivity index (χ0) is 31.2. The maximum absolute atomic E-state index is 11.8. The lowest BCUT2D eigenvalue weighted by atomic mass is 10.1. The van der Waals surface area contributed by atoms with Gasteiger partial charge in [0.15, 0.2) is 0 Å². The van der Waals surface area contributed by atoms with Crippen LogP contribution in [0.3, 0.4) is 0 Å². The number of halogens is 6. The quantitative estimate of drug-likeness (QED) is 0.272. The second-order valence-corrected chi connectivity index (χ2v) is 8.29. The molecule has 11 nitrogen and oxygen atoms in total. The van der Waals surface area contributed by atoms with E-state index in [4.69, 9.17) is 25.5 Å². The number of carbonyl (C=O) groups is 2. The third-order valence-corrected chi connectivity index (χ3v) is 4.85. The number of nitrogens with two attached hydrogens (primary N) is 1. The Kier molecular flexibility index (Phi) is 13.7. The van der Waals surface area contributed by atoms with Crippen LogP contribution < -0.4 is 11.3 Å². The molecule has 3 rings (SSSR count). The number of carboxylic acid groups (broad SMARTS) is 2. The zero-order valence-electron chi connectivity index (χ0n) is 21.6. The van der Waals surface area contributed by atoms with Gasteiger partial charge in [0.25, 0.3) is 5.56 Å². The van der Waals surface area contributed by atoms with Crippen LogP contribution in [0.5, 0.6) is 0 Å². The molecule has 2 aromatic heterocycles. The minimum Gasteiger partial charge on any atom is -0.475 e. The van der Waals surface area contributed by atoms with Gasteiger partial charge >= 0.3 is 24.3 Å². The molecule has 2 heterocycles. The van der Waals surface area contributed by atoms with Crippen molar-refractivity contribution in [2.45, 2.75) is 38.3 Å². The molecule has 41 heavy (non-hydrogen) atoms. The van der Waals surface area contributed by atoms with E-state index in [-0.39, 0.29) is 5.56 Å². The van der Waals surface area contributed by atoms with Crippen LogP contribution in [0.15, 0.2) is 53.6 Å². The monoisotopic (exact) mass is 594 g/mol. The summed E-state index contributed by atoms with van der Waals surface area (Å²) in [6.45, 7) is 3.27. The number of alkyl halides is 6. The highest BCUT2D eigenvalue weighted by Gasteiger charge is 2.38. The molecule has 0 aliphatic carbocycles. The molecule has 226 valence electrons. The molecule has 0 fully saturated rings. The number of aromatic amines is 1. The second kappa shape index (κ2) is 16.1. The van der Waals surface area contributed by atoms with E-state index in [2.05, 4.69) is 39.1 Å². The van der Waals surface area contributed by atoms with Crippen molar-refractivity contribution in [3.63, 3.8) is 0 Å². The fourth-order valence-corrected chi connectivity index (χ4v) is 3.01. The maximum Gasteiger partial charge on any atom is 0.490 e. The highest BCUT2D eigenvalue weighted by Crippen LogP contribution is 2.16. The van der Waals surface area contributed by atoms with Crippen molar-refractivity contribution in [1.82, 2.24) is 24.6 Å².